The van der Waals surface area contributed by atoms with Gasteiger partial charge in [-0.3, -0.25) is 4.90 Å². The SMILES string of the molecule is C1CSCC(NC2CCN(C3CC3)C2)C1. The summed E-state index contributed by atoms with van der Waals surface area (Å²) in [6.07, 6.45) is 7.14. The predicted octanol–water partition coefficient (Wildman–Crippen LogP) is 1.71. The Labute approximate surface area is 97.2 Å². The van der Waals surface area contributed by atoms with E-state index in [-0.39, 0.29) is 0 Å². The van der Waals surface area contributed by atoms with Gasteiger partial charge in [-0.1, -0.05) is 0 Å². The molecule has 1 aliphatic carbocycles. The first-order valence-corrected chi connectivity index (χ1v) is 7.65. The molecule has 2 unspecified atom stereocenters. The van der Waals surface area contributed by atoms with Gasteiger partial charge in [0.15, 0.2) is 0 Å². The highest BCUT2D eigenvalue weighted by atomic mass is 32.2. The lowest BCUT2D eigenvalue weighted by Crippen LogP contribution is -2.42. The van der Waals surface area contributed by atoms with Crippen LogP contribution < -0.4 is 5.32 Å². The van der Waals surface area contributed by atoms with Crippen molar-refractivity contribution in [1.82, 2.24) is 10.2 Å². The van der Waals surface area contributed by atoms with E-state index in [0.29, 0.717) is 0 Å². The monoisotopic (exact) mass is 226 g/mol. The van der Waals surface area contributed by atoms with E-state index in [1.165, 1.54) is 56.7 Å². The molecule has 0 aromatic carbocycles. The van der Waals surface area contributed by atoms with Crippen molar-refractivity contribution in [3.63, 3.8) is 0 Å². The normalized spacial score (nSPS) is 38.4. The summed E-state index contributed by atoms with van der Waals surface area (Å²) < 4.78 is 0. The van der Waals surface area contributed by atoms with E-state index in [1.807, 2.05) is 0 Å². The Morgan fingerprint density at radius 1 is 1.07 bits per heavy atom. The summed E-state index contributed by atoms with van der Waals surface area (Å²) in [6.45, 7) is 2.67. The van der Waals surface area contributed by atoms with Crippen LogP contribution in [0.1, 0.15) is 32.1 Å². The molecule has 0 bridgehead atoms. The van der Waals surface area contributed by atoms with Crippen LogP contribution in [0.3, 0.4) is 0 Å². The quantitative estimate of drug-likeness (QED) is 0.789. The third kappa shape index (κ3) is 2.69. The minimum absolute atomic E-state index is 0.800. The Morgan fingerprint density at radius 3 is 2.73 bits per heavy atom. The molecule has 2 aliphatic heterocycles. The maximum atomic E-state index is 3.87. The van der Waals surface area contributed by atoms with Crippen LogP contribution >= 0.6 is 11.8 Å². The number of nitrogens with one attached hydrogen (secondary N) is 1. The first-order valence-electron chi connectivity index (χ1n) is 6.49. The summed E-state index contributed by atoms with van der Waals surface area (Å²) in [5.41, 5.74) is 0. The van der Waals surface area contributed by atoms with Gasteiger partial charge in [-0.15, -0.1) is 0 Å². The number of nitrogens with zero attached hydrogens (tertiary/aromatic N) is 1. The zero-order valence-corrected chi connectivity index (χ0v) is 10.3. The average molecular weight is 226 g/mol. The Kier molecular flexibility index (Phi) is 3.23. The third-order valence-electron chi connectivity index (χ3n) is 3.91. The Balaban J connectivity index is 1.43. The molecule has 86 valence electrons. The van der Waals surface area contributed by atoms with E-state index < -0.39 is 0 Å². The second-order valence-corrected chi connectivity index (χ2v) is 6.44. The number of rotatable bonds is 3. The van der Waals surface area contributed by atoms with Crippen molar-refractivity contribution in [1.29, 1.82) is 0 Å². The molecule has 2 atom stereocenters. The first kappa shape index (κ1) is 10.4. The standard InChI is InChI=1S/C12H22N2S/c1-2-11(9-15-7-1)13-10-5-6-14(8-10)12-3-4-12/h10-13H,1-9H2. The molecule has 2 heterocycles. The summed E-state index contributed by atoms with van der Waals surface area (Å²) in [5, 5.41) is 3.87. The van der Waals surface area contributed by atoms with Gasteiger partial charge in [-0.25, -0.2) is 0 Å². The maximum absolute atomic E-state index is 3.87. The van der Waals surface area contributed by atoms with Crippen molar-refractivity contribution >= 4 is 11.8 Å². The lowest BCUT2D eigenvalue weighted by atomic mass is 10.1. The van der Waals surface area contributed by atoms with Crippen LogP contribution in [0.5, 0.6) is 0 Å². The Morgan fingerprint density at radius 2 is 2.00 bits per heavy atom. The second kappa shape index (κ2) is 4.64. The van der Waals surface area contributed by atoms with Crippen LogP contribution in [0.2, 0.25) is 0 Å². The molecular formula is C12H22N2S. The minimum Gasteiger partial charge on any atom is -0.309 e. The second-order valence-electron chi connectivity index (χ2n) is 5.29. The fourth-order valence-corrected chi connectivity index (χ4v) is 3.99. The smallest absolute Gasteiger partial charge is 0.0210 e. The van der Waals surface area contributed by atoms with E-state index in [9.17, 15) is 0 Å². The van der Waals surface area contributed by atoms with E-state index in [2.05, 4.69) is 22.0 Å². The highest BCUT2D eigenvalue weighted by Gasteiger charge is 2.34. The molecule has 0 aromatic rings. The zero-order valence-electron chi connectivity index (χ0n) is 9.45. The molecule has 3 fully saturated rings. The predicted molar refractivity (Wildman–Crippen MR) is 66.5 cm³/mol. The van der Waals surface area contributed by atoms with Crippen LogP contribution in [-0.2, 0) is 0 Å². The fourth-order valence-electron chi connectivity index (χ4n) is 2.90. The summed E-state index contributed by atoms with van der Waals surface area (Å²) in [5.74, 6) is 2.73. The Hall–Kier alpha value is 0.270. The number of hydrogen-bond donors (Lipinski definition) is 1. The van der Waals surface area contributed by atoms with Gasteiger partial charge in [0.1, 0.15) is 0 Å². The molecule has 1 saturated carbocycles. The van der Waals surface area contributed by atoms with E-state index >= 15 is 0 Å². The molecule has 3 heteroatoms. The van der Waals surface area contributed by atoms with E-state index in [0.717, 1.165) is 18.1 Å². The molecule has 3 aliphatic rings. The van der Waals surface area contributed by atoms with Crippen LogP contribution in [0, 0.1) is 0 Å². The van der Waals surface area contributed by atoms with Crippen molar-refractivity contribution in [3.05, 3.63) is 0 Å². The van der Waals surface area contributed by atoms with Gasteiger partial charge in [-0.05, 0) is 37.9 Å². The highest BCUT2D eigenvalue weighted by molar-refractivity contribution is 7.99. The minimum atomic E-state index is 0.800. The van der Waals surface area contributed by atoms with E-state index in [1.54, 1.807) is 0 Å². The molecule has 15 heavy (non-hydrogen) atoms. The average Bonchev–Trinajstić information content (AvgIpc) is 3.02. The van der Waals surface area contributed by atoms with Crippen molar-refractivity contribution in [2.75, 3.05) is 24.6 Å². The number of likely N-dealkylation sites (tertiary alicyclic amines) is 1. The lowest BCUT2D eigenvalue weighted by Gasteiger charge is -2.26. The topological polar surface area (TPSA) is 15.3 Å². The van der Waals surface area contributed by atoms with Crippen molar-refractivity contribution in [2.45, 2.75) is 50.2 Å². The highest BCUT2D eigenvalue weighted by Crippen LogP contribution is 2.30. The van der Waals surface area contributed by atoms with Crippen molar-refractivity contribution < 1.29 is 0 Å². The van der Waals surface area contributed by atoms with Crippen molar-refractivity contribution in [2.24, 2.45) is 0 Å². The van der Waals surface area contributed by atoms with Gasteiger partial charge < -0.3 is 5.32 Å². The first-order chi connectivity index (χ1) is 7.42. The van der Waals surface area contributed by atoms with Crippen molar-refractivity contribution in [3.8, 4) is 0 Å². The van der Waals surface area contributed by atoms with Crippen LogP contribution in [0.25, 0.3) is 0 Å². The zero-order chi connectivity index (χ0) is 10.1. The number of thioether (sulfide) groups is 1. The molecule has 0 amide bonds. The molecule has 1 N–H and O–H groups in total. The van der Waals surface area contributed by atoms with Gasteiger partial charge in [0.2, 0.25) is 0 Å². The summed E-state index contributed by atoms with van der Waals surface area (Å²) in [7, 11) is 0. The Bertz CT molecular complexity index is 212. The van der Waals surface area contributed by atoms with E-state index in [4.69, 9.17) is 0 Å². The van der Waals surface area contributed by atoms with Gasteiger partial charge in [0.25, 0.3) is 0 Å². The summed E-state index contributed by atoms with van der Waals surface area (Å²) in [4.78, 5) is 2.70. The summed E-state index contributed by atoms with van der Waals surface area (Å²) >= 11 is 2.13. The maximum Gasteiger partial charge on any atom is 0.0210 e. The molecule has 0 radical (unpaired) electrons. The lowest BCUT2D eigenvalue weighted by molar-refractivity contribution is 0.312. The molecule has 0 aromatic heterocycles. The molecule has 0 spiro atoms. The summed E-state index contributed by atoms with van der Waals surface area (Å²) in [6, 6.07) is 2.58. The molecular weight excluding hydrogens is 204 g/mol. The van der Waals surface area contributed by atoms with Gasteiger partial charge in [0, 0.05) is 37.0 Å². The van der Waals surface area contributed by atoms with Crippen LogP contribution in [0.15, 0.2) is 0 Å². The van der Waals surface area contributed by atoms with Gasteiger partial charge in [-0.2, -0.15) is 11.8 Å². The van der Waals surface area contributed by atoms with Gasteiger partial charge in [0.05, 0.1) is 0 Å². The van der Waals surface area contributed by atoms with Gasteiger partial charge >= 0.3 is 0 Å². The van der Waals surface area contributed by atoms with Crippen LogP contribution in [0.4, 0.5) is 0 Å². The van der Waals surface area contributed by atoms with Crippen LogP contribution in [-0.4, -0.2) is 47.6 Å². The number of hydrogen-bond acceptors (Lipinski definition) is 3. The molecule has 3 rings (SSSR count). The molecule has 2 nitrogen and oxygen atoms in total. The third-order valence-corrected chi connectivity index (χ3v) is 5.13. The largest absolute Gasteiger partial charge is 0.309 e. The fraction of sp³-hybridized carbons (Fsp3) is 1.00. The molecule has 2 saturated heterocycles.